The van der Waals surface area contributed by atoms with Crippen molar-refractivity contribution < 1.29 is 28.3 Å². The summed E-state index contributed by atoms with van der Waals surface area (Å²) in [5, 5.41) is 2.74. The van der Waals surface area contributed by atoms with Crippen molar-refractivity contribution in [3.8, 4) is 12.3 Å². The van der Waals surface area contributed by atoms with Gasteiger partial charge in [0.2, 0.25) is 17.8 Å². The van der Waals surface area contributed by atoms with E-state index in [1.807, 2.05) is 0 Å². The highest BCUT2D eigenvalue weighted by molar-refractivity contribution is 5.95. The molecule has 3 N–H and O–H groups in total. The van der Waals surface area contributed by atoms with Crippen molar-refractivity contribution in [1.29, 1.82) is 0 Å². The predicted octanol–water partition coefficient (Wildman–Crippen LogP) is 1.98. The molecule has 5 atom stereocenters. The van der Waals surface area contributed by atoms with Gasteiger partial charge in [-0.2, -0.15) is 4.39 Å². The van der Waals surface area contributed by atoms with Crippen molar-refractivity contribution >= 4 is 23.8 Å². The van der Waals surface area contributed by atoms with Crippen molar-refractivity contribution in [2.24, 2.45) is 11.7 Å². The van der Waals surface area contributed by atoms with Gasteiger partial charge in [0, 0.05) is 29.9 Å². The number of likely N-dealkylation sites (tertiary alicyclic amines) is 1. The summed E-state index contributed by atoms with van der Waals surface area (Å²) in [5.74, 6) is 0.0545. The third-order valence-corrected chi connectivity index (χ3v) is 7.55. The number of primary amides is 1. The van der Waals surface area contributed by atoms with Crippen molar-refractivity contribution in [2.45, 2.75) is 95.1 Å². The number of rotatable bonds is 5. The third kappa shape index (κ3) is 5.59. The first-order valence-electron chi connectivity index (χ1n) is 12.9. The quantitative estimate of drug-likeness (QED) is 0.444. The SMILES string of the molecule is C#C[C@H]1CC[C@@H](C(N)=O)N1C(=O)[C@@H](NC(=O)OC(C)(C)C)C1CC2CCC(C1)N2C(=O)c1ccnc(F)c1. The molecule has 0 radical (unpaired) electrons. The molecule has 2 bridgehead atoms. The zero-order valence-electron chi connectivity index (χ0n) is 21.9. The van der Waals surface area contributed by atoms with Gasteiger partial charge in [-0.15, -0.1) is 6.42 Å². The summed E-state index contributed by atoms with van der Waals surface area (Å²) < 4.78 is 19.1. The number of nitrogens with one attached hydrogen (secondary N) is 1. The molecule has 1 aromatic rings. The van der Waals surface area contributed by atoms with Gasteiger partial charge in [0.15, 0.2) is 0 Å². The van der Waals surface area contributed by atoms with Crippen LogP contribution in [0.1, 0.15) is 69.7 Å². The Morgan fingerprint density at radius 2 is 1.82 bits per heavy atom. The molecule has 4 rings (SSSR count). The normalized spacial score (nSPS) is 27.4. The third-order valence-electron chi connectivity index (χ3n) is 7.55. The first kappa shape index (κ1) is 27.4. The van der Waals surface area contributed by atoms with E-state index in [0.717, 1.165) is 6.07 Å². The summed E-state index contributed by atoms with van der Waals surface area (Å²) in [6.07, 6.45) is 9.23. The number of nitrogens with two attached hydrogens (primary N) is 1. The molecule has 11 heteroatoms. The van der Waals surface area contributed by atoms with Crippen LogP contribution >= 0.6 is 0 Å². The molecular weight excluding hydrogens is 493 g/mol. The van der Waals surface area contributed by atoms with Crippen LogP contribution in [-0.2, 0) is 14.3 Å². The predicted molar refractivity (Wildman–Crippen MR) is 135 cm³/mol. The number of carbonyl (C=O) groups is 4. The van der Waals surface area contributed by atoms with E-state index < -0.39 is 47.6 Å². The number of hydrogen-bond acceptors (Lipinski definition) is 6. The molecule has 2 unspecified atom stereocenters. The fourth-order valence-corrected chi connectivity index (χ4v) is 6.05. The van der Waals surface area contributed by atoms with Crippen LogP contribution < -0.4 is 11.1 Å². The number of terminal acetylenes is 1. The van der Waals surface area contributed by atoms with Gasteiger partial charge in [-0.05, 0) is 71.3 Å². The number of amides is 4. The van der Waals surface area contributed by atoms with Gasteiger partial charge >= 0.3 is 6.09 Å². The maximum Gasteiger partial charge on any atom is 0.408 e. The molecule has 0 aliphatic carbocycles. The number of ether oxygens (including phenoxy) is 1. The molecular formula is C27H34FN5O5. The summed E-state index contributed by atoms with van der Waals surface area (Å²) in [6.45, 7) is 5.15. The van der Waals surface area contributed by atoms with Crippen LogP contribution in [0, 0.1) is 24.2 Å². The Bertz CT molecular complexity index is 1150. The second-order valence-corrected chi connectivity index (χ2v) is 11.2. The number of halogens is 1. The van der Waals surface area contributed by atoms with E-state index in [2.05, 4.69) is 16.2 Å². The van der Waals surface area contributed by atoms with E-state index >= 15 is 0 Å². The highest BCUT2D eigenvalue weighted by Gasteiger charge is 2.50. The minimum Gasteiger partial charge on any atom is -0.444 e. The van der Waals surface area contributed by atoms with E-state index in [1.54, 1.807) is 25.7 Å². The Labute approximate surface area is 221 Å². The summed E-state index contributed by atoms with van der Waals surface area (Å²) >= 11 is 0. The lowest BCUT2D eigenvalue weighted by Gasteiger charge is -2.42. The average molecular weight is 528 g/mol. The monoisotopic (exact) mass is 527 g/mol. The molecule has 204 valence electrons. The number of nitrogens with zero attached hydrogens (tertiary/aromatic N) is 3. The van der Waals surface area contributed by atoms with Crippen LogP contribution in [0.25, 0.3) is 0 Å². The minimum atomic E-state index is -1.03. The Morgan fingerprint density at radius 3 is 2.37 bits per heavy atom. The maximum absolute atomic E-state index is 14.0. The molecule has 4 heterocycles. The fraction of sp³-hybridized carbons (Fsp3) is 0.593. The van der Waals surface area contributed by atoms with Crippen molar-refractivity contribution in [2.75, 3.05) is 0 Å². The zero-order valence-corrected chi connectivity index (χ0v) is 21.9. The zero-order chi connectivity index (χ0) is 27.8. The van der Waals surface area contributed by atoms with Crippen LogP contribution in [0.4, 0.5) is 9.18 Å². The van der Waals surface area contributed by atoms with Gasteiger partial charge in [-0.3, -0.25) is 14.4 Å². The van der Waals surface area contributed by atoms with Crippen molar-refractivity contribution in [3.63, 3.8) is 0 Å². The standard InChI is InChI=1S/C27H34FN5O5/c1-5-17-8-9-20(23(29)34)33(17)25(36)22(31-26(37)38-27(2,3)4)16-12-18-6-7-19(13-16)32(18)24(35)15-10-11-30-21(28)14-15/h1,10-11,14,16-20,22H,6-9,12-13H2,2-4H3,(H2,29,34)(H,31,37)/t16?,17-,18?,19?,20-,22-/m0/s1. The van der Waals surface area contributed by atoms with Gasteiger partial charge in [-0.25, -0.2) is 9.78 Å². The van der Waals surface area contributed by atoms with Gasteiger partial charge in [-0.1, -0.05) is 5.92 Å². The first-order chi connectivity index (χ1) is 17.9. The first-order valence-corrected chi connectivity index (χ1v) is 12.9. The van der Waals surface area contributed by atoms with E-state index in [0.29, 0.717) is 38.5 Å². The van der Waals surface area contributed by atoms with E-state index in [9.17, 15) is 23.6 Å². The van der Waals surface area contributed by atoms with Gasteiger partial charge < -0.3 is 25.6 Å². The maximum atomic E-state index is 14.0. The molecule has 0 spiro atoms. The van der Waals surface area contributed by atoms with Crippen molar-refractivity contribution in [3.05, 3.63) is 29.8 Å². The summed E-state index contributed by atoms with van der Waals surface area (Å²) in [5.41, 5.74) is 5.01. The van der Waals surface area contributed by atoms with Crippen LogP contribution in [0.5, 0.6) is 0 Å². The van der Waals surface area contributed by atoms with Gasteiger partial charge in [0.1, 0.15) is 17.7 Å². The van der Waals surface area contributed by atoms with E-state index in [4.69, 9.17) is 16.9 Å². The molecule has 3 fully saturated rings. The minimum absolute atomic E-state index is 0.202. The van der Waals surface area contributed by atoms with Crippen LogP contribution in [0.3, 0.4) is 0 Å². The number of fused-ring (bicyclic) bond motifs is 2. The van der Waals surface area contributed by atoms with E-state index in [-0.39, 0.29) is 29.5 Å². The number of aromatic nitrogens is 1. The Balaban J connectivity index is 1.60. The van der Waals surface area contributed by atoms with E-state index in [1.165, 1.54) is 17.2 Å². The lowest BCUT2D eigenvalue weighted by atomic mass is 9.83. The molecule has 4 amide bonds. The topological polar surface area (TPSA) is 135 Å². The molecule has 3 saturated heterocycles. The average Bonchev–Trinajstić information content (AvgIpc) is 3.38. The molecule has 3 aliphatic heterocycles. The lowest BCUT2D eigenvalue weighted by molar-refractivity contribution is -0.141. The highest BCUT2D eigenvalue weighted by Crippen LogP contribution is 2.41. The molecule has 10 nitrogen and oxygen atoms in total. The van der Waals surface area contributed by atoms with Crippen molar-refractivity contribution in [1.82, 2.24) is 20.1 Å². The summed E-state index contributed by atoms with van der Waals surface area (Å²) in [7, 11) is 0. The van der Waals surface area contributed by atoms with Crippen LogP contribution in [-0.4, -0.2) is 74.4 Å². The second kappa shape index (κ2) is 10.6. The highest BCUT2D eigenvalue weighted by atomic mass is 19.1. The number of alkyl carbamates (subject to hydrolysis) is 1. The molecule has 3 aliphatic rings. The molecule has 0 saturated carbocycles. The Kier molecular flexibility index (Phi) is 7.63. The Hall–Kier alpha value is -3.68. The largest absolute Gasteiger partial charge is 0.444 e. The van der Waals surface area contributed by atoms with Crippen LogP contribution in [0.2, 0.25) is 0 Å². The fourth-order valence-electron chi connectivity index (χ4n) is 6.05. The second-order valence-electron chi connectivity index (χ2n) is 11.2. The molecule has 38 heavy (non-hydrogen) atoms. The Morgan fingerprint density at radius 1 is 1.16 bits per heavy atom. The summed E-state index contributed by atoms with van der Waals surface area (Å²) in [4.78, 5) is 58.8. The molecule has 0 aromatic carbocycles. The number of carbonyl (C=O) groups excluding carboxylic acids is 4. The smallest absolute Gasteiger partial charge is 0.408 e. The van der Waals surface area contributed by atoms with Crippen LogP contribution in [0.15, 0.2) is 18.3 Å². The van der Waals surface area contributed by atoms with Gasteiger partial charge in [0.25, 0.3) is 5.91 Å². The number of pyridine rings is 1. The van der Waals surface area contributed by atoms with Gasteiger partial charge in [0.05, 0.1) is 6.04 Å². The summed E-state index contributed by atoms with van der Waals surface area (Å²) in [6, 6.07) is -0.334. The lowest BCUT2D eigenvalue weighted by Crippen LogP contribution is -2.60. The number of hydrogen-bond donors (Lipinski definition) is 2. The molecule has 1 aromatic heterocycles. The number of piperidine rings is 1.